The molecule has 0 spiro atoms. The largest absolute Gasteiger partial charge is 0.497 e. The summed E-state index contributed by atoms with van der Waals surface area (Å²) in [5.41, 5.74) is 2.79. The van der Waals surface area contributed by atoms with Crippen molar-refractivity contribution in [2.45, 2.75) is 18.9 Å². The molecule has 3 aromatic rings. The minimum atomic E-state index is -0.220. The maximum absolute atomic E-state index is 12.7. The molecule has 4 rings (SSSR count). The van der Waals surface area contributed by atoms with Gasteiger partial charge in [-0.1, -0.05) is 18.2 Å². The third kappa shape index (κ3) is 5.58. The molecule has 0 bridgehead atoms. The lowest BCUT2D eigenvalue weighted by atomic mass is 10.1. The molecule has 31 heavy (non-hydrogen) atoms. The third-order valence-electron chi connectivity index (χ3n) is 5.26. The Hall–Kier alpha value is -3.45. The van der Waals surface area contributed by atoms with Crippen molar-refractivity contribution in [1.29, 1.82) is 0 Å². The van der Waals surface area contributed by atoms with Gasteiger partial charge in [0.2, 0.25) is 5.91 Å². The molecular weight excluding hydrogens is 392 g/mol. The lowest BCUT2D eigenvalue weighted by Crippen LogP contribution is -2.42. The number of methoxy groups -OCH3 is 1. The first kappa shape index (κ1) is 20.8. The Balaban J connectivity index is 1.31. The SMILES string of the molecule is COc1ccc(CCC(=O)N2CCO[C@@H](c3ccc(Nc4ccccn4)cn3)C2)cc1. The number of benzene rings is 1. The number of rotatable bonds is 7. The van der Waals surface area contributed by atoms with Gasteiger partial charge >= 0.3 is 0 Å². The van der Waals surface area contributed by atoms with E-state index in [0.29, 0.717) is 32.5 Å². The van der Waals surface area contributed by atoms with Gasteiger partial charge in [-0.15, -0.1) is 0 Å². The van der Waals surface area contributed by atoms with Gasteiger partial charge in [-0.05, 0) is 48.4 Å². The molecule has 1 aromatic carbocycles. The number of carbonyl (C=O) groups is 1. The van der Waals surface area contributed by atoms with Gasteiger partial charge in [-0.25, -0.2) is 4.98 Å². The zero-order valence-electron chi connectivity index (χ0n) is 17.5. The van der Waals surface area contributed by atoms with Crippen LogP contribution in [0.25, 0.3) is 0 Å². The van der Waals surface area contributed by atoms with Crippen molar-refractivity contribution in [1.82, 2.24) is 14.9 Å². The average molecular weight is 418 g/mol. The van der Waals surface area contributed by atoms with E-state index >= 15 is 0 Å². The second-order valence-corrected chi connectivity index (χ2v) is 7.36. The average Bonchev–Trinajstić information content (AvgIpc) is 2.84. The minimum absolute atomic E-state index is 0.137. The molecule has 1 fully saturated rings. The summed E-state index contributed by atoms with van der Waals surface area (Å²) in [7, 11) is 1.65. The predicted molar refractivity (Wildman–Crippen MR) is 118 cm³/mol. The van der Waals surface area contributed by atoms with E-state index in [4.69, 9.17) is 9.47 Å². The Labute approximate surface area is 182 Å². The topological polar surface area (TPSA) is 76.6 Å². The van der Waals surface area contributed by atoms with Crippen LogP contribution in [0.2, 0.25) is 0 Å². The van der Waals surface area contributed by atoms with Crippen LogP contribution < -0.4 is 10.1 Å². The summed E-state index contributed by atoms with van der Waals surface area (Å²) in [6.07, 6.45) is 4.46. The van der Waals surface area contributed by atoms with Gasteiger partial charge in [0.15, 0.2) is 0 Å². The fraction of sp³-hybridized carbons (Fsp3) is 0.292. The molecule has 1 amide bonds. The molecule has 1 saturated heterocycles. The fourth-order valence-corrected chi connectivity index (χ4v) is 3.51. The highest BCUT2D eigenvalue weighted by Gasteiger charge is 2.26. The van der Waals surface area contributed by atoms with Crippen LogP contribution in [-0.2, 0) is 16.0 Å². The molecule has 7 heteroatoms. The number of hydrogen-bond acceptors (Lipinski definition) is 6. The molecule has 0 saturated carbocycles. The first-order chi connectivity index (χ1) is 15.2. The van der Waals surface area contributed by atoms with Crippen LogP contribution in [0.4, 0.5) is 11.5 Å². The number of aryl methyl sites for hydroxylation is 1. The van der Waals surface area contributed by atoms with Gasteiger partial charge < -0.3 is 19.7 Å². The molecule has 2 aromatic heterocycles. The van der Waals surface area contributed by atoms with Crippen LogP contribution in [0, 0.1) is 0 Å². The highest BCUT2D eigenvalue weighted by molar-refractivity contribution is 5.76. The maximum atomic E-state index is 12.7. The van der Waals surface area contributed by atoms with Gasteiger partial charge in [0.1, 0.15) is 17.7 Å². The summed E-state index contributed by atoms with van der Waals surface area (Å²) in [4.78, 5) is 23.4. The summed E-state index contributed by atoms with van der Waals surface area (Å²) < 4.78 is 11.1. The van der Waals surface area contributed by atoms with E-state index in [1.54, 1.807) is 19.5 Å². The van der Waals surface area contributed by atoms with Crippen molar-refractivity contribution in [2.24, 2.45) is 0 Å². The van der Waals surface area contributed by atoms with Crippen LogP contribution in [0.3, 0.4) is 0 Å². The highest BCUT2D eigenvalue weighted by Crippen LogP contribution is 2.23. The molecule has 3 heterocycles. The molecule has 1 aliphatic rings. The Morgan fingerprint density at radius 1 is 1.16 bits per heavy atom. The zero-order chi connectivity index (χ0) is 21.5. The van der Waals surface area contributed by atoms with Crippen molar-refractivity contribution in [3.05, 3.63) is 78.2 Å². The quantitative estimate of drug-likeness (QED) is 0.630. The summed E-state index contributed by atoms with van der Waals surface area (Å²) >= 11 is 0. The number of nitrogens with one attached hydrogen (secondary N) is 1. The molecule has 0 radical (unpaired) electrons. The van der Waals surface area contributed by atoms with Crippen molar-refractivity contribution in [2.75, 3.05) is 32.1 Å². The third-order valence-corrected chi connectivity index (χ3v) is 5.26. The number of morpholine rings is 1. The molecule has 0 unspecified atom stereocenters. The molecule has 1 aliphatic heterocycles. The smallest absolute Gasteiger partial charge is 0.223 e. The second kappa shape index (κ2) is 10.0. The molecule has 0 aliphatic carbocycles. The summed E-state index contributed by atoms with van der Waals surface area (Å²) in [5.74, 6) is 1.72. The van der Waals surface area contributed by atoms with Crippen LogP contribution in [0.5, 0.6) is 5.75 Å². The van der Waals surface area contributed by atoms with E-state index < -0.39 is 0 Å². The molecule has 7 nitrogen and oxygen atoms in total. The van der Waals surface area contributed by atoms with Crippen LogP contribution in [-0.4, -0.2) is 47.6 Å². The summed E-state index contributed by atoms with van der Waals surface area (Å²) in [6.45, 7) is 1.63. The van der Waals surface area contributed by atoms with Crippen molar-refractivity contribution >= 4 is 17.4 Å². The number of amides is 1. The molecule has 1 atom stereocenters. The molecule has 160 valence electrons. The van der Waals surface area contributed by atoms with Gasteiger partial charge in [-0.3, -0.25) is 9.78 Å². The number of aromatic nitrogens is 2. The number of pyridine rings is 2. The van der Waals surface area contributed by atoms with Crippen molar-refractivity contribution < 1.29 is 14.3 Å². The van der Waals surface area contributed by atoms with E-state index in [0.717, 1.165) is 28.5 Å². The van der Waals surface area contributed by atoms with Crippen LogP contribution in [0.15, 0.2) is 67.0 Å². The van der Waals surface area contributed by atoms with E-state index in [-0.39, 0.29) is 12.0 Å². The summed E-state index contributed by atoms with van der Waals surface area (Å²) in [6, 6.07) is 17.4. The Morgan fingerprint density at radius 3 is 2.74 bits per heavy atom. The van der Waals surface area contributed by atoms with E-state index in [1.165, 1.54) is 0 Å². The van der Waals surface area contributed by atoms with E-state index in [9.17, 15) is 4.79 Å². The van der Waals surface area contributed by atoms with Crippen LogP contribution >= 0.6 is 0 Å². The molecule has 1 N–H and O–H groups in total. The number of anilines is 2. The normalized spacial score (nSPS) is 16.0. The Kier molecular flexibility index (Phi) is 6.74. The Bertz CT molecular complexity index is 978. The maximum Gasteiger partial charge on any atom is 0.223 e. The lowest BCUT2D eigenvalue weighted by molar-refractivity contribution is -0.139. The number of hydrogen-bond donors (Lipinski definition) is 1. The first-order valence-corrected chi connectivity index (χ1v) is 10.4. The second-order valence-electron chi connectivity index (χ2n) is 7.36. The van der Waals surface area contributed by atoms with Crippen molar-refractivity contribution in [3.63, 3.8) is 0 Å². The number of nitrogens with zero attached hydrogens (tertiary/aromatic N) is 3. The van der Waals surface area contributed by atoms with Gasteiger partial charge in [0, 0.05) is 19.2 Å². The van der Waals surface area contributed by atoms with E-state index in [1.807, 2.05) is 59.5 Å². The molecular formula is C24H26N4O3. The predicted octanol–water partition coefficient (Wildman–Crippen LogP) is 3.76. The van der Waals surface area contributed by atoms with Gasteiger partial charge in [0.25, 0.3) is 0 Å². The Morgan fingerprint density at radius 2 is 2.03 bits per heavy atom. The van der Waals surface area contributed by atoms with Crippen LogP contribution in [0.1, 0.15) is 23.8 Å². The summed E-state index contributed by atoms with van der Waals surface area (Å²) in [5, 5.41) is 3.21. The number of ether oxygens (including phenoxy) is 2. The fourth-order valence-electron chi connectivity index (χ4n) is 3.51. The highest BCUT2D eigenvalue weighted by atomic mass is 16.5. The first-order valence-electron chi connectivity index (χ1n) is 10.4. The van der Waals surface area contributed by atoms with E-state index in [2.05, 4.69) is 15.3 Å². The number of carbonyl (C=O) groups excluding carboxylic acids is 1. The zero-order valence-corrected chi connectivity index (χ0v) is 17.5. The van der Waals surface area contributed by atoms with Gasteiger partial charge in [0.05, 0.1) is 37.8 Å². The van der Waals surface area contributed by atoms with Gasteiger partial charge in [-0.2, -0.15) is 0 Å². The standard InChI is InChI=1S/C24H26N4O3/c1-30-20-9-5-18(6-10-20)7-12-24(29)28-14-15-31-22(17-28)21-11-8-19(16-26-21)27-23-4-2-3-13-25-23/h2-6,8-11,13,16,22H,7,12,14-15,17H2,1H3,(H,25,27)/t22-/m1/s1. The monoisotopic (exact) mass is 418 g/mol. The van der Waals surface area contributed by atoms with Crippen molar-refractivity contribution in [3.8, 4) is 5.75 Å². The minimum Gasteiger partial charge on any atom is -0.497 e. The lowest BCUT2D eigenvalue weighted by Gasteiger charge is -2.32.